The molecule has 0 spiro atoms. The average molecular weight is 604 g/mol. The SMILES string of the molecule is CC(C)(O)C1CCC(C)(C2CCC(C)([C@H]3CC[C@H]4O[C@@H]([C@@]5(C)OC(C)(C)[C@H](Br)C[C@@H]5O)CC[C@]4(C)O3)O2)O1. The maximum Gasteiger partial charge on any atom is 0.118 e. The Morgan fingerprint density at radius 1 is 0.711 bits per heavy atom. The fraction of sp³-hybridized carbons (Fsp3) is 1.00. The van der Waals surface area contributed by atoms with E-state index in [0.29, 0.717) is 6.42 Å². The van der Waals surface area contributed by atoms with Crippen LogP contribution in [0, 0.1) is 0 Å². The molecule has 4 unspecified atom stereocenters. The lowest BCUT2D eigenvalue weighted by Crippen LogP contribution is -2.67. The largest absolute Gasteiger partial charge is 0.390 e. The Morgan fingerprint density at radius 3 is 1.82 bits per heavy atom. The van der Waals surface area contributed by atoms with E-state index >= 15 is 0 Å². The second kappa shape index (κ2) is 9.62. The van der Waals surface area contributed by atoms with Crippen molar-refractivity contribution in [1.29, 1.82) is 0 Å². The van der Waals surface area contributed by atoms with E-state index in [1.54, 1.807) is 0 Å². The third-order valence-corrected chi connectivity index (χ3v) is 12.2. The lowest BCUT2D eigenvalue weighted by atomic mass is 9.74. The van der Waals surface area contributed by atoms with Crippen LogP contribution in [0.3, 0.4) is 0 Å². The Hall–Kier alpha value is 0.200. The number of fused-ring (bicyclic) bond motifs is 1. The molecule has 8 heteroatoms. The van der Waals surface area contributed by atoms with Crippen LogP contribution in [0.4, 0.5) is 0 Å². The van der Waals surface area contributed by atoms with Gasteiger partial charge in [-0.2, -0.15) is 0 Å². The van der Waals surface area contributed by atoms with Crippen molar-refractivity contribution in [1.82, 2.24) is 0 Å². The normalized spacial score (nSPS) is 53.6. The fourth-order valence-corrected chi connectivity index (χ4v) is 8.30. The van der Waals surface area contributed by atoms with E-state index in [-0.39, 0.29) is 52.2 Å². The second-order valence-electron chi connectivity index (χ2n) is 14.8. The number of aliphatic hydroxyl groups excluding tert-OH is 1. The van der Waals surface area contributed by atoms with Crippen LogP contribution in [-0.2, 0) is 23.7 Å². The first-order valence-corrected chi connectivity index (χ1v) is 15.8. The first kappa shape index (κ1) is 29.7. The van der Waals surface area contributed by atoms with E-state index in [4.69, 9.17) is 23.7 Å². The number of hydrogen-bond donors (Lipinski definition) is 2. The van der Waals surface area contributed by atoms with Crippen LogP contribution in [0.2, 0.25) is 0 Å². The summed E-state index contributed by atoms with van der Waals surface area (Å²) in [6.07, 6.45) is 6.64. The van der Waals surface area contributed by atoms with Gasteiger partial charge in [0, 0.05) is 4.83 Å². The van der Waals surface area contributed by atoms with Gasteiger partial charge in [0.2, 0.25) is 0 Å². The molecular formula is C30H51BrO7. The average Bonchev–Trinajstić information content (AvgIpc) is 3.42. The van der Waals surface area contributed by atoms with E-state index in [9.17, 15) is 10.2 Å². The van der Waals surface area contributed by atoms with E-state index in [2.05, 4.69) is 50.5 Å². The fourth-order valence-electron chi connectivity index (χ4n) is 7.85. The molecule has 5 heterocycles. The van der Waals surface area contributed by atoms with Gasteiger partial charge in [0.1, 0.15) is 5.60 Å². The van der Waals surface area contributed by atoms with E-state index in [1.165, 1.54) is 0 Å². The van der Waals surface area contributed by atoms with Gasteiger partial charge in [-0.3, -0.25) is 0 Å². The second-order valence-corrected chi connectivity index (χ2v) is 15.9. The molecule has 0 aromatic heterocycles. The molecule has 2 N–H and O–H groups in total. The molecule has 5 fully saturated rings. The third-order valence-electron chi connectivity index (χ3n) is 10.8. The zero-order chi connectivity index (χ0) is 27.9. The Kier molecular flexibility index (Phi) is 7.51. The molecule has 220 valence electrons. The summed E-state index contributed by atoms with van der Waals surface area (Å²) in [4.78, 5) is 0.0968. The predicted molar refractivity (Wildman–Crippen MR) is 149 cm³/mol. The van der Waals surface area contributed by atoms with Crippen molar-refractivity contribution in [3.05, 3.63) is 0 Å². The number of ether oxygens (including phenoxy) is 5. The van der Waals surface area contributed by atoms with E-state index in [0.717, 1.165) is 51.4 Å². The van der Waals surface area contributed by atoms with Crippen LogP contribution in [0.1, 0.15) is 113 Å². The van der Waals surface area contributed by atoms with Crippen molar-refractivity contribution in [3.8, 4) is 0 Å². The van der Waals surface area contributed by atoms with Crippen molar-refractivity contribution < 1.29 is 33.9 Å². The highest BCUT2D eigenvalue weighted by molar-refractivity contribution is 9.09. The van der Waals surface area contributed by atoms with Gasteiger partial charge in [0.15, 0.2) is 0 Å². The summed E-state index contributed by atoms with van der Waals surface area (Å²) < 4.78 is 33.4. The molecule has 0 bridgehead atoms. The Balaban J connectivity index is 1.23. The van der Waals surface area contributed by atoms with Gasteiger partial charge in [0.25, 0.3) is 0 Å². The van der Waals surface area contributed by atoms with Crippen LogP contribution in [-0.4, -0.2) is 85.3 Å². The summed E-state index contributed by atoms with van der Waals surface area (Å²) in [5, 5.41) is 21.5. The van der Waals surface area contributed by atoms with Gasteiger partial charge >= 0.3 is 0 Å². The minimum absolute atomic E-state index is 0.00698. The molecule has 5 aliphatic heterocycles. The molecule has 5 saturated heterocycles. The monoisotopic (exact) mass is 602 g/mol. The molecule has 0 aromatic rings. The highest BCUT2D eigenvalue weighted by Crippen LogP contribution is 2.52. The van der Waals surface area contributed by atoms with E-state index in [1.807, 2.05) is 20.8 Å². The number of hydrogen-bond acceptors (Lipinski definition) is 7. The van der Waals surface area contributed by atoms with Gasteiger partial charge in [-0.25, -0.2) is 0 Å². The summed E-state index contributed by atoms with van der Waals surface area (Å²) in [7, 11) is 0. The Morgan fingerprint density at radius 2 is 1.21 bits per heavy atom. The summed E-state index contributed by atoms with van der Waals surface area (Å²) in [5.74, 6) is 0. The maximum atomic E-state index is 11.1. The molecule has 5 rings (SSSR count). The van der Waals surface area contributed by atoms with Gasteiger partial charge in [0.05, 0.1) is 64.6 Å². The summed E-state index contributed by atoms with van der Waals surface area (Å²) in [6, 6.07) is 0. The minimum Gasteiger partial charge on any atom is -0.390 e. The summed E-state index contributed by atoms with van der Waals surface area (Å²) in [5.41, 5.74) is -3.15. The first-order chi connectivity index (χ1) is 17.4. The lowest BCUT2D eigenvalue weighted by Gasteiger charge is -2.57. The van der Waals surface area contributed by atoms with Crippen LogP contribution in [0.15, 0.2) is 0 Å². The van der Waals surface area contributed by atoms with Gasteiger partial charge in [-0.05, 0) is 113 Å². The molecule has 0 aliphatic carbocycles. The molecular weight excluding hydrogens is 552 g/mol. The van der Waals surface area contributed by atoms with Crippen LogP contribution in [0.25, 0.3) is 0 Å². The molecule has 0 amide bonds. The standard InChI is InChI=1S/C30H51BrO7/c1-25(2,33)20-11-14-29(7,35-20)23-12-15-28(6,37-23)22-10-9-21-27(5,36-22)16-13-24(34-21)30(8)19(32)17-18(31)26(3,4)38-30/h18-24,32-33H,9-17H2,1-8H3/t18-,19+,20?,21-,22-,23?,24-,27+,28?,29?,30+/m1/s1. The van der Waals surface area contributed by atoms with Crippen molar-refractivity contribution >= 4 is 15.9 Å². The molecule has 5 aliphatic rings. The van der Waals surface area contributed by atoms with Crippen molar-refractivity contribution in [2.24, 2.45) is 0 Å². The number of alkyl halides is 1. The Bertz CT molecular complexity index is 892. The summed E-state index contributed by atoms with van der Waals surface area (Å²) in [6.45, 7) is 16.4. The first-order valence-electron chi connectivity index (χ1n) is 14.8. The molecule has 11 atom stereocenters. The molecule has 0 radical (unpaired) electrons. The highest BCUT2D eigenvalue weighted by Gasteiger charge is 2.60. The van der Waals surface area contributed by atoms with Crippen molar-refractivity contribution in [2.75, 3.05) is 0 Å². The van der Waals surface area contributed by atoms with Crippen molar-refractivity contribution in [3.63, 3.8) is 0 Å². The number of halogens is 1. The number of aliphatic hydroxyl groups is 2. The topological polar surface area (TPSA) is 86.6 Å². The van der Waals surface area contributed by atoms with Gasteiger partial charge in [-0.15, -0.1) is 0 Å². The Labute approximate surface area is 237 Å². The maximum absolute atomic E-state index is 11.1. The third kappa shape index (κ3) is 5.05. The summed E-state index contributed by atoms with van der Waals surface area (Å²) >= 11 is 3.70. The van der Waals surface area contributed by atoms with Crippen LogP contribution >= 0.6 is 15.9 Å². The van der Waals surface area contributed by atoms with E-state index < -0.39 is 22.9 Å². The minimum atomic E-state index is -0.851. The van der Waals surface area contributed by atoms with Crippen molar-refractivity contribution in [2.45, 2.75) is 188 Å². The molecule has 7 nitrogen and oxygen atoms in total. The zero-order valence-electron chi connectivity index (χ0n) is 24.7. The van der Waals surface area contributed by atoms with Gasteiger partial charge < -0.3 is 33.9 Å². The van der Waals surface area contributed by atoms with Gasteiger partial charge in [-0.1, -0.05) is 15.9 Å². The van der Waals surface area contributed by atoms with Crippen LogP contribution < -0.4 is 0 Å². The lowest BCUT2D eigenvalue weighted by molar-refractivity contribution is -0.318. The molecule has 38 heavy (non-hydrogen) atoms. The molecule has 0 saturated carbocycles. The predicted octanol–water partition coefficient (Wildman–Crippen LogP) is 5.20. The highest BCUT2D eigenvalue weighted by atomic mass is 79.9. The smallest absolute Gasteiger partial charge is 0.118 e. The number of rotatable bonds is 4. The van der Waals surface area contributed by atoms with Crippen LogP contribution in [0.5, 0.6) is 0 Å². The quantitative estimate of drug-likeness (QED) is 0.428. The zero-order valence-corrected chi connectivity index (χ0v) is 26.3. The molecule has 0 aromatic carbocycles.